The number of carboxylic acids is 1. The van der Waals surface area contributed by atoms with Gasteiger partial charge in [0.05, 0.1) is 11.2 Å². The number of hydrogen-bond acceptors (Lipinski definition) is 6. The number of aliphatic hydroxyl groups is 1. The molecule has 7 nitrogen and oxygen atoms in total. The maximum Gasteiger partial charge on any atom is 0.362 e. The van der Waals surface area contributed by atoms with E-state index in [1.807, 2.05) is 30.3 Å². The van der Waals surface area contributed by atoms with Crippen LogP contribution < -0.4 is 4.74 Å². The number of carbonyl (C=O) groups excluding carboxylic acids is 1. The molecule has 1 fully saturated rings. The molecule has 1 atom stereocenters. The molecule has 1 aromatic heterocycles. The lowest BCUT2D eigenvalue weighted by Crippen LogP contribution is -2.55. The monoisotopic (exact) mass is 532 g/mol. The molecular weight excluding hydrogens is 504 g/mol. The minimum atomic E-state index is -1.06. The minimum Gasteiger partial charge on any atom is -0.478 e. The normalized spacial score (nSPS) is 21.8. The average Bonchev–Trinajstić information content (AvgIpc) is 3.00. The number of carbonyl (C=O) groups is 2. The van der Waals surface area contributed by atoms with Crippen molar-refractivity contribution in [1.82, 2.24) is 9.88 Å². The van der Waals surface area contributed by atoms with Gasteiger partial charge in [0.25, 0.3) is 0 Å². The number of benzene rings is 2. The third-order valence-corrected chi connectivity index (χ3v) is 7.91. The Bertz CT molecular complexity index is 1430. The number of aromatic nitrogens is 1. The largest absolute Gasteiger partial charge is 0.478 e. The summed E-state index contributed by atoms with van der Waals surface area (Å²) in [5.41, 5.74) is 1.65. The molecule has 0 unspecified atom stereocenters. The molecule has 1 saturated heterocycles. The Morgan fingerprint density at radius 2 is 1.92 bits per heavy atom. The van der Waals surface area contributed by atoms with Crippen LogP contribution in [-0.2, 0) is 5.60 Å². The van der Waals surface area contributed by atoms with Gasteiger partial charge in [0.15, 0.2) is 5.69 Å². The second kappa shape index (κ2) is 9.98. The zero-order valence-electron chi connectivity index (χ0n) is 21.3. The summed E-state index contributed by atoms with van der Waals surface area (Å²) in [6, 6.07) is 15.4. The first-order valence-electron chi connectivity index (χ1n) is 12.6. The van der Waals surface area contributed by atoms with E-state index in [1.54, 1.807) is 12.1 Å². The predicted molar refractivity (Wildman–Crippen MR) is 144 cm³/mol. The molecule has 38 heavy (non-hydrogen) atoms. The van der Waals surface area contributed by atoms with E-state index in [4.69, 9.17) is 16.3 Å². The maximum absolute atomic E-state index is 12.8. The van der Waals surface area contributed by atoms with E-state index in [-0.39, 0.29) is 11.3 Å². The molecule has 5 rings (SSSR count). The standard InChI is InChI=1S/C30H29ClN2O5/c1-29(2)18-33(16-13-30(29,37)20-8-10-21(31)11-9-20)15-4-6-22-23-5-3-14-32-26(23)28(36)38-25-12-7-19(27(34)35)17-24(22)25/h3,5-12,14,17,37H,4,13,15-16,18H2,1-2H3,(H,34,35)/t30-/m1/s1. The Morgan fingerprint density at radius 3 is 2.63 bits per heavy atom. The highest BCUT2D eigenvalue weighted by atomic mass is 35.5. The van der Waals surface area contributed by atoms with Crippen molar-refractivity contribution >= 4 is 29.1 Å². The molecule has 0 aliphatic carbocycles. The number of carboxylic acid groups (broad SMARTS) is 1. The summed E-state index contributed by atoms with van der Waals surface area (Å²) in [7, 11) is 0. The fraction of sp³-hybridized carbons (Fsp3) is 0.300. The fourth-order valence-electron chi connectivity index (χ4n) is 5.53. The lowest BCUT2D eigenvalue weighted by Gasteiger charge is -2.50. The molecule has 0 saturated carbocycles. The Balaban J connectivity index is 1.41. The number of esters is 1. The summed E-state index contributed by atoms with van der Waals surface area (Å²) in [5.74, 6) is -1.33. The van der Waals surface area contributed by atoms with Gasteiger partial charge in [0.2, 0.25) is 0 Å². The summed E-state index contributed by atoms with van der Waals surface area (Å²) in [4.78, 5) is 31.0. The maximum atomic E-state index is 12.8. The fourth-order valence-corrected chi connectivity index (χ4v) is 5.66. The summed E-state index contributed by atoms with van der Waals surface area (Å²) in [6.45, 7) is 6.28. The van der Waals surface area contributed by atoms with Gasteiger partial charge in [-0.05, 0) is 60.4 Å². The number of pyridine rings is 1. The average molecular weight is 533 g/mol. The molecule has 0 amide bonds. The van der Waals surface area contributed by atoms with Gasteiger partial charge in [-0.15, -0.1) is 0 Å². The van der Waals surface area contributed by atoms with E-state index < -0.39 is 23.0 Å². The van der Waals surface area contributed by atoms with Crippen molar-refractivity contribution in [2.75, 3.05) is 19.6 Å². The predicted octanol–water partition coefficient (Wildman–Crippen LogP) is 5.41. The van der Waals surface area contributed by atoms with Gasteiger partial charge < -0.3 is 19.8 Å². The second-order valence-corrected chi connectivity index (χ2v) is 10.9. The van der Waals surface area contributed by atoms with Crippen LogP contribution in [0.4, 0.5) is 0 Å². The van der Waals surface area contributed by atoms with E-state index in [9.17, 15) is 19.8 Å². The lowest BCUT2D eigenvalue weighted by atomic mass is 9.66. The van der Waals surface area contributed by atoms with Crippen molar-refractivity contribution in [3.8, 4) is 5.75 Å². The smallest absolute Gasteiger partial charge is 0.362 e. The molecule has 2 aliphatic rings. The number of fused-ring (bicyclic) bond motifs is 2. The zero-order chi connectivity index (χ0) is 27.1. The van der Waals surface area contributed by atoms with Crippen molar-refractivity contribution in [2.24, 2.45) is 5.41 Å². The number of piperidine rings is 1. The van der Waals surface area contributed by atoms with Crippen molar-refractivity contribution < 1.29 is 24.5 Å². The molecule has 2 aliphatic heterocycles. The topological polar surface area (TPSA) is 100.0 Å². The van der Waals surface area contributed by atoms with Crippen molar-refractivity contribution in [3.63, 3.8) is 0 Å². The first kappa shape index (κ1) is 26.1. The number of nitrogens with zero attached hydrogens (tertiary/aromatic N) is 2. The van der Waals surface area contributed by atoms with E-state index in [0.717, 1.165) is 12.1 Å². The molecular formula is C30H29ClN2O5. The Hall–Kier alpha value is -3.52. The van der Waals surface area contributed by atoms with E-state index >= 15 is 0 Å². The van der Waals surface area contributed by atoms with Crippen LogP contribution in [0.25, 0.3) is 5.57 Å². The van der Waals surface area contributed by atoms with Crippen molar-refractivity contribution in [1.29, 1.82) is 0 Å². The SMILES string of the molecule is CC1(C)CN(CCC=C2c3cc(C(=O)O)ccc3OC(=O)c3ncccc32)CC[C@@]1(O)c1ccc(Cl)cc1. The molecule has 8 heteroatoms. The highest BCUT2D eigenvalue weighted by Crippen LogP contribution is 2.46. The van der Waals surface area contributed by atoms with Crippen LogP contribution in [0.2, 0.25) is 5.02 Å². The molecule has 2 N–H and O–H groups in total. The van der Waals surface area contributed by atoms with Gasteiger partial charge in [0, 0.05) is 47.4 Å². The van der Waals surface area contributed by atoms with Gasteiger partial charge in [-0.25, -0.2) is 14.6 Å². The second-order valence-electron chi connectivity index (χ2n) is 10.5. The van der Waals surface area contributed by atoms with Crippen LogP contribution in [0.5, 0.6) is 5.75 Å². The van der Waals surface area contributed by atoms with Crippen LogP contribution in [0, 0.1) is 5.41 Å². The quantitative estimate of drug-likeness (QED) is 0.335. The first-order chi connectivity index (χ1) is 18.1. The number of rotatable bonds is 5. The first-order valence-corrected chi connectivity index (χ1v) is 12.9. The summed E-state index contributed by atoms with van der Waals surface area (Å²) < 4.78 is 5.56. The van der Waals surface area contributed by atoms with Crippen LogP contribution in [0.1, 0.15) is 64.2 Å². The molecule has 196 valence electrons. The van der Waals surface area contributed by atoms with Gasteiger partial charge in [0.1, 0.15) is 5.75 Å². The van der Waals surface area contributed by atoms with Gasteiger partial charge >= 0.3 is 11.9 Å². The van der Waals surface area contributed by atoms with Crippen LogP contribution in [-0.4, -0.2) is 51.7 Å². The third-order valence-electron chi connectivity index (χ3n) is 7.65. The van der Waals surface area contributed by atoms with Crippen LogP contribution in [0.15, 0.2) is 66.9 Å². The molecule has 0 radical (unpaired) electrons. The Morgan fingerprint density at radius 1 is 1.16 bits per heavy atom. The Kier molecular flexibility index (Phi) is 6.86. The van der Waals surface area contributed by atoms with Gasteiger partial charge in [-0.3, -0.25) is 0 Å². The van der Waals surface area contributed by atoms with Crippen molar-refractivity contribution in [3.05, 3.63) is 99.8 Å². The number of hydrogen-bond donors (Lipinski definition) is 2. The number of ether oxygens (including phenoxy) is 1. The summed E-state index contributed by atoms with van der Waals surface area (Å²) >= 11 is 6.06. The molecule has 3 aromatic rings. The zero-order valence-corrected chi connectivity index (χ0v) is 22.0. The number of aromatic carboxylic acids is 1. The van der Waals surface area contributed by atoms with Gasteiger partial charge in [-0.2, -0.15) is 0 Å². The van der Waals surface area contributed by atoms with Gasteiger partial charge in [-0.1, -0.05) is 49.7 Å². The van der Waals surface area contributed by atoms with Crippen molar-refractivity contribution in [2.45, 2.75) is 32.3 Å². The number of likely N-dealkylation sites (tertiary alicyclic amines) is 1. The molecule has 2 aromatic carbocycles. The molecule has 3 heterocycles. The summed E-state index contributed by atoms with van der Waals surface area (Å²) in [5, 5.41) is 21.9. The van der Waals surface area contributed by atoms with Crippen LogP contribution >= 0.6 is 11.6 Å². The van der Waals surface area contributed by atoms with E-state index in [0.29, 0.717) is 53.4 Å². The molecule has 0 spiro atoms. The molecule has 0 bridgehead atoms. The minimum absolute atomic E-state index is 0.109. The number of halogens is 1. The highest BCUT2D eigenvalue weighted by Gasteiger charge is 2.48. The van der Waals surface area contributed by atoms with Crippen LogP contribution in [0.3, 0.4) is 0 Å². The van der Waals surface area contributed by atoms with E-state index in [1.165, 1.54) is 24.4 Å². The Labute approximate surface area is 226 Å². The lowest BCUT2D eigenvalue weighted by molar-refractivity contribution is -0.125. The highest BCUT2D eigenvalue weighted by molar-refractivity contribution is 6.30. The third kappa shape index (κ3) is 4.73. The van der Waals surface area contributed by atoms with E-state index in [2.05, 4.69) is 23.7 Å². The summed E-state index contributed by atoms with van der Waals surface area (Å²) in [6.07, 6.45) is 4.77.